The minimum Gasteiger partial charge on any atom is -0.213 e. The molecule has 0 saturated carbocycles. The van der Waals surface area contributed by atoms with Crippen molar-refractivity contribution < 1.29 is 26.2 Å². The Morgan fingerprint density at radius 3 is 0.821 bits per heavy atom. The van der Waals surface area contributed by atoms with Gasteiger partial charge in [-0.05, 0) is 0 Å². The van der Waals surface area contributed by atoms with Gasteiger partial charge in [0.1, 0.15) is 0 Å². The van der Waals surface area contributed by atoms with Gasteiger partial charge in [0.2, 0.25) is 0 Å². The van der Waals surface area contributed by atoms with E-state index in [-0.39, 0.29) is 26.2 Å². The van der Waals surface area contributed by atoms with Crippen molar-refractivity contribution in [3.05, 3.63) is 158 Å². The summed E-state index contributed by atoms with van der Waals surface area (Å²) in [7, 11) is 0. The van der Waals surface area contributed by atoms with Crippen LogP contribution in [0.3, 0.4) is 0 Å². The van der Waals surface area contributed by atoms with Crippen molar-refractivity contribution in [1.29, 1.82) is 0 Å². The number of benzene rings is 3. The smallest absolute Gasteiger partial charge is 0.213 e. The van der Waals surface area contributed by atoms with Gasteiger partial charge in [0.05, 0.1) is 0 Å². The second-order valence-corrected chi connectivity index (χ2v) is 5.92. The van der Waals surface area contributed by atoms with Crippen LogP contribution in [-0.2, 0) is 26.2 Å². The van der Waals surface area contributed by atoms with Gasteiger partial charge in [-0.1, -0.05) is 25.1 Å². The fourth-order valence-electron chi connectivity index (χ4n) is 1.90. The van der Waals surface area contributed by atoms with Crippen molar-refractivity contribution in [1.82, 2.24) is 0 Å². The van der Waals surface area contributed by atoms with E-state index in [1.807, 2.05) is 103 Å². The second-order valence-electron chi connectivity index (χ2n) is 5.92. The first-order valence-electron chi connectivity index (χ1n) is 8.87. The quantitative estimate of drug-likeness (QED) is 0.250. The van der Waals surface area contributed by atoms with Crippen molar-refractivity contribution in [2.75, 3.05) is 0 Å². The number of hydrogen-bond donors (Lipinski definition) is 0. The molecule has 0 aliphatic heterocycles. The normalized spacial score (nSPS) is 8.32. The summed E-state index contributed by atoms with van der Waals surface area (Å²) in [6.45, 7) is 13.2. The average Bonchev–Trinajstić information content (AvgIpc) is 3.16. The molecule has 0 aromatic heterocycles. The van der Waals surface area contributed by atoms with Crippen LogP contribution in [0.5, 0.6) is 0 Å². The summed E-state index contributed by atoms with van der Waals surface area (Å²) >= 11 is 0. The predicted octanol–water partition coefficient (Wildman–Crippen LogP) is 7.32. The standard InChI is InChI=1S/3C7H7.C6H7.Zr/c3*1-7-5-3-2-4-6-7;1-6-4-2-3-5-6;/h3*2-6H,1H2;2-5H,1H3;/q4*-1;+4. The summed E-state index contributed by atoms with van der Waals surface area (Å²) in [6, 6.07) is 37.9. The van der Waals surface area contributed by atoms with Crippen molar-refractivity contribution in [2.24, 2.45) is 0 Å². The molecule has 140 valence electrons. The Hall–Kier alpha value is -2.50. The maximum Gasteiger partial charge on any atom is 4.00 e. The molecule has 0 spiro atoms. The van der Waals surface area contributed by atoms with Crippen LogP contribution in [-0.4, -0.2) is 0 Å². The molecule has 0 amide bonds. The molecular weight excluding hydrogens is 416 g/mol. The van der Waals surface area contributed by atoms with Crippen LogP contribution in [0.15, 0.2) is 115 Å². The van der Waals surface area contributed by atoms with Gasteiger partial charge in [-0.25, -0.2) is 12.1 Å². The van der Waals surface area contributed by atoms with Crippen molar-refractivity contribution in [2.45, 2.75) is 6.92 Å². The van der Waals surface area contributed by atoms with Crippen LogP contribution >= 0.6 is 0 Å². The molecule has 0 nitrogen and oxygen atoms in total. The van der Waals surface area contributed by atoms with Gasteiger partial charge < -0.3 is 0 Å². The predicted molar refractivity (Wildman–Crippen MR) is 119 cm³/mol. The SMILES string of the molecule is C[c-]1cccc1.[CH2-]c1ccccc1.[CH2-]c1ccccc1.[CH2-]c1ccccc1.[Zr+4]. The Balaban J connectivity index is 0.000000344. The van der Waals surface area contributed by atoms with Gasteiger partial charge in [-0.3, -0.25) is 0 Å². The summed E-state index contributed by atoms with van der Waals surface area (Å²) in [5, 5.41) is 0. The molecule has 4 aromatic rings. The van der Waals surface area contributed by atoms with E-state index in [9.17, 15) is 0 Å². The second kappa shape index (κ2) is 16.7. The molecule has 0 bridgehead atoms. The van der Waals surface area contributed by atoms with E-state index in [1.165, 1.54) is 5.56 Å². The van der Waals surface area contributed by atoms with Crippen LogP contribution in [0.1, 0.15) is 22.3 Å². The molecule has 4 aromatic carbocycles. The fraction of sp³-hybridized carbons (Fsp3) is 0.0370. The molecule has 0 N–H and O–H groups in total. The molecule has 0 atom stereocenters. The van der Waals surface area contributed by atoms with Gasteiger partial charge >= 0.3 is 26.2 Å². The molecule has 0 unspecified atom stereocenters. The topological polar surface area (TPSA) is 0 Å². The molecule has 28 heavy (non-hydrogen) atoms. The van der Waals surface area contributed by atoms with Gasteiger partial charge in [0.25, 0.3) is 0 Å². The Kier molecular flexibility index (Phi) is 15.2. The number of hydrogen-bond acceptors (Lipinski definition) is 0. The zero-order valence-electron chi connectivity index (χ0n) is 16.6. The molecule has 0 aliphatic carbocycles. The van der Waals surface area contributed by atoms with Crippen LogP contribution in [0.2, 0.25) is 0 Å². The third kappa shape index (κ3) is 14.6. The van der Waals surface area contributed by atoms with Crippen molar-refractivity contribution in [3.63, 3.8) is 0 Å². The zero-order valence-corrected chi connectivity index (χ0v) is 19.0. The molecule has 0 aliphatic rings. The molecular formula is C27H28Zr. The minimum absolute atomic E-state index is 0. The monoisotopic (exact) mass is 442 g/mol. The van der Waals surface area contributed by atoms with Crippen LogP contribution in [0, 0.1) is 27.7 Å². The summed E-state index contributed by atoms with van der Waals surface area (Å²) in [4.78, 5) is 0. The average molecular weight is 444 g/mol. The molecule has 0 fully saturated rings. The number of aryl methyl sites for hydroxylation is 1. The summed E-state index contributed by atoms with van der Waals surface area (Å²) < 4.78 is 0. The zero-order chi connectivity index (χ0) is 19.7. The van der Waals surface area contributed by atoms with E-state index < -0.39 is 0 Å². The Bertz CT molecular complexity index is 700. The Morgan fingerprint density at radius 2 is 0.714 bits per heavy atom. The van der Waals surface area contributed by atoms with Gasteiger partial charge in [0.15, 0.2) is 0 Å². The fourth-order valence-corrected chi connectivity index (χ4v) is 1.90. The van der Waals surface area contributed by atoms with E-state index in [4.69, 9.17) is 0 Å². The van der Waals surface area contributed by atoms with Crippen molar-refractivity contribution >= 4 is 0 Å². The van der Waals surface area contributed by atoms with E-state index in [1.54, 1.807) is 0 Å². The van der Waals surface area contributed by atoms with Crippen molar-refractivity contribution in [3.8, 4) is 0 Å². The first kappa shape index (κ1) is 25.5. The van der Waals surface area contributed by atoms with Gasteiger partial charge in [-0.15, -0.1) is 36.4 Å². The third-order valence-corrected chi connectivity index (χ3v) is 3.36. The van der Waals surface area contributed by atoms with Crippen LogP contribution < -0.4 is 0 Å². The largest absolute Gasteiger partial charge is 4.00 e. The van der Waals surface area contributed by atoms with E-state index in [2.05, 4.69) is 39.8 Å². The minimum atomic E-state index is 0. The summed E-state index contributed by atoms with van der Waals surface area (Å²) in [6.07, 6.45) is 0. The molecule has 0 saturated heterocycles. The Labute approximate surface area is 190 Å². The molecule has 0 radical (unpaired) electrons. The summed E-state index contributed by atoms with van der Waals surface area (Å²) in [5.41, 5.74) is 4.56. The van der Waals surface area contributed by atoms with Gasteiger partial charge in [-0.2, -0.15) is 91.6 Å². The molecule has 0 heterocycles. The maximum absolute atomic E-state index is 3.72. The first-order valence-corrected chi connectivity index (χ1v) is 8.87. The Morgan fingerprint density at radius 1 is 0.464 bits per heavy atom. The molecule has 4 rings (SSSR count). The van der Waals surface area contributed by atoms with Crippen LogP contribution in [0.25, 0.3) is 0 Å². The van der Waals surface area contributed by atoms with Gasteiger partial charge in [0, 0.05) is 0 Å². The molecule has 1 heteroatoms. The van der Waals surface area contributed by atoms with Crippen LogP contribution in [0.4, 0.5) is 0 Å². The first-order chi connectivity index (χ1) is 13.1. The number of rotatable bonds is 0. The van der Waals surface area contributed by atoms with E-state index in [0.29, 0.717) is 0 Å². The maximum atomic E-state index is 3.72. The summed E-state index contributed by atoms with van der Waals surface area (Å²) in [5.74, 6) is 0. The van der Waals surface area contributed by atoms with E-state index >= 15 is 0 Å². The van der Waals surface area contributed by atoms with E-state index in [0.717, 1.165) is 16.7 Å². The third-order valence-electron chi connectivity index (χ3n) is 3.36.